The van der Waals surface area contributed by atoms with Gasteiger partial charge in [0.2, 0.25) is 5.95 Å². The summed E-state index contributed by atoms with van der Waals surface area (Å²) in [6.45, 7) is 4.28. The molecule has 1 aliphatic carbocycles. The van der Waals surface area contributed by atoms with Crippen LogP contribution in [0.25, 0.3) is 0 Å². The Kier molecular flexibility index (Phi) is 5.26. The summed E-state index contributed by atoms with van der Waals surface area (Å²) >= 11 is 0. The zero-order valence-corrected chi connectivity index (χ0v) is 15.3. The Hall–Kier alpha value is -2.50. The first kappa shape index (κ1) is 17.3. The Bertz CT molecular complexity index is 709. The molecule has 134 valence electrons. The Morgan fingerprint density at radius 3 is 2.32 bits per heavy atom. The minimum absolute atomic E-state index is 0.333. The fraction of sp³-hybridized carbons (Fsp3) is 0.474. The van der Waals surface area contributed by atoms with Crippen molar-refractivity contribution in [2.75, 3.05) is 24.9 Å². The molecular weight excluding hydrogens is 316 g/mol. The van der Waals surface area contributed by atoms with Crippen LogP contribution in [0.2, 0.25) is 0 Å². The van der Waals surface area contributed by atoms with Crippen molar-refractivity contribution in [2.45, 2.75) is 45.1 Å². The smallest absolute Gasteiger partial charge is 0.225 e. The van der Waals surface area contributed by atoms with Gasteiger partial charge in [0.15, 0.2) is 0 Å². The lowest BCUT2D eigenvalue weighted by molar-refractivity contribution is 0.395. The molecule has 0 spiro atoms. The number of hydrogen-bond acceptors (Lipinski definition) is 6. The predicted molar refractivity (Wildman–Crippen MR) is 100 cm³/mol. The number of methoxy groups -OCH3 is 2. The first-order valence-corrected chi connectivity index (χ1v) is 8.77. The summed E-state index contributed by atoms with van der Waals surface area (Å²) in [5.41, 5.74) is 1.96. The van der Waals surface area contributed by atoms with Crippen LogP contribution < -0.4 is 20.1 Å². The molecule has 0 radical (unpaired) electrons. The van der Waals surface area contributed by atoms with Gasteiger partial charge in [-0.2, -0.15) is 4.98 Å². The highest BCUT2D eigenvalue weighted by Crippen LogP contribution is 2.40. The molecule has 1 heterocycles. The molecule has 3 rings (SSSR count). The van der Waals surface area contributed by atoms with E-state index in [0.717, 1.165) is 35.1 Å². The molecule has 2 N–H and O–H groups in total. The standard InChI is InChI=1S/C19H26N4O2/c1-5-12(2)20-19-22-17(13-6-7-13)11-18(23-19)21-14-8-15(24-3)10-16(9-14)25-4/h8-13H,5-7H2,1-4H3,(H2,20,21,22,23)/t12-/m0/s1. The predicted octanol–water partition coefficient (Wildman–Crippen LogP) is 4.33. The maximum atomic E-state index is 5.33. The third-order valence-electron chi connectivity index (χ3n) is 4.35. The SMILES string of the molecule is CC[C@H](C)Nc1nc(Nc2cc(OC)cc(OC)c2)cc(C2CC2)n1. The van der Waals surface area contributed by atoms with Crippen LogP contribution >= 0.6 is 0 Å². The zero-order valence-electron chi connectivity index (χ0n) is 15.3. The Morgan fingerprint density at radius 1 is 1.08 bits per heavy atom. The van der Waals surface area contributed by atoms with Crippen molar-refractivity contribution < 1.29 is 9.47 Å². The molecule has 1 aliphatic rings. The van der Waals surface area contributed by atoms with E-state index in [-0.39, 0.29) is 0 Å². The van der Waals surface area contributed by atoms with Crippen molar-refractivity contribution in [3.05, 3.63) is 30.0 Å². The molecular formula is C19H26N4O2. The summed E-state index contributed by atoms with van der Waals surface area (Å²) in [5, 5.41) is 6.73. The Labute approximate surface area is 149 Å². The average molecular weight is 342 g/mol. The molecule has 0 amide bonds. The molecule has 1 atom stereocenters. The number of aromatic nitrogens is 2. The molecule has 25 heavy (non-hydrogen) atoms. The number of nitrogens with one attached hydrogen (secondary N) is 2. The fourth-order valence-corrected chi connectivity index (χ4v) is 2.53. The second-order valence-electron chi connectivity index (χ2n) is 6.46. The second kappa shape index (κ2) is 7.59. The molecule has 0 aliphatic heterocycles. The van der Waals surface area contributed by atoms with E-state index in [1.807, 2.05) is 24.3 Å². The average Bonchev–Trinajstić information content (AvgIpc) is 3.46. The van der Waals surface area contributed by atoms with Gasteiger partial charge < -0.3 is 20.1 Å². The monoisotopic (exact) mass is 342 g/mol. The molecule has 0 saturated heterocycles. The van der Waals surface area contributed by atoms with Gasteiger partial charge in [-0.05, 0) is 26.2 Å². The highest BCUT2D eigenvalue weighted by atomic mass is 16.5. The van der Waals surface area contributed by atoms with E-state index in [0.29, 0.717) is 17.9 Å². The van der Waals surface area contributed by atoms with Gasteiger partial charge >= 0.3 is 0 Å². The van der Waals surface area contributed by atoms with Gasteiger partial charge in [-0.3, -0.25) is 0 Å². The Balaban J connectivity index is 1.88. The number of anilines is 3. The largest absolute Gasteiger partial charge is 0.497 e. The van der Waals surface area contributed by atoms with E-state index in [1.54, 1.807) is 14.2 Å². The third-order valence-corrected chi connectivity index (χ3v) is 4.35. The van der Waals surface area contributed by atoms with Gasteiger partial charge in [-0.25, -0.2) is 4.98 Å². The highest BCUT2D eigenvalue weighted by Gasteiger charge is 2.26. The topological polar surface area (TPSA) is 68.3 Å². The molecule has 0 bridgehead atoms. The summed E-state index contributed by atoms with van der Waals surface area (Å²) in [7, 11) is 3.28. The maximum Gasteiger partial charge on any atom is 0.225 e. The Morgan fingerprint density at radius 2 is 1.76 bits per heavy atom. The van der Waals surface area contributed by atoms with Crippen molar-refractivity contribution >= 4 is 17.5 Å². The van der Waals surface area contributed by atoms with Crippen LogP contribution in [0, 0.1) is 0 Å². The lowest BCUT2D eigenvalue weighted by Crippen LogP contribution is -2.16. The summed E-state index contributed by atoms with van der Waals surface area (Å²) < 4.78 is 10.7. The fourth-order valence-electron chi connectivity index (χ4n) is 2.53. The first-order valence-electron chi connectivity index (χ1n) is 8.77. The van der Waals surface area contributed by atoms with Gasteiger partial charge in [-0.1, -0.05) is 6.92 Å². The van der Waals surface area contributed by atoms with Crippen molar-refractivity contribution in [2.24, 2.45) is 0 Å². The van der Waals surface area contributed by atoms with Gasteiger partial charge in [0, 0.05) is 41.9 Å². The molecule has 1 aromatic carbocycles. The summed E-state index contributed by atoms with van der Waals surface area (Å²) in [5.74, 6) is 3.47. The zero-order chi connectivity index (χ0) is 17.8. The molecule has 1 aromatic heterocycles. The van der Waals surface area contributed by atoms with Crippen LogP contribution in [0.3, 0.4) is 0 Å². The molecule has 6 heteroatoms. The van der Waals surface area contributed by atoms with E-state index in [1.165, 1.54) is 12.8 Å². The van der Waals surface area contributed by atoms with Crippen molar-refractivity contribution in [3.8, 4) is 11.5 Å². The van der Waals surface area contributed by atoms with Gasteiger partial charge in [0.25, 0.3) is 0 Å². The molecule has 0 unspecified atom stereocenters. The van der Waals surface area contributed by atoms with Crippen LogP contribution in [-0.4, -0.2) is 30.2 Å². The second-order valence-corrected chi connectivity index (χ2v) is 6.46. The van der Waals surface area contributed by atoms with E-state index in [4.69, 9.17) is 9.47 Å². The first-order chi connectivity index (χ1) is 12.1. The molecule has 1 fully saturated rings. The van der Waals surface area contributed by atoms with Crippen molar-refractivity contribution in [1.29, 1.82) is 0 Å². The minimum Gasteiger partial charge on any atom is -0.497 e. The summed E-state index contributed by atoms with van der Waals surface area (Å²) in [6, 6.07) is 8.05. The highest BCUT2D eigenvalue weighted by molar-refractivity contribution is 5.62. The number of nitrogens with zero attached hydrogens (tertiary/aromatic N) is 2. The minimum atomic E-state index is 0.333. The maximum absolute atomic E-state index is 5.33. The van der Waals surface area contributed by atoms with E-state index in [2.05, 4.69) is 34.4 Å². The van der Waals surface area contributed by atoms with Gasteiger partial charge in [-0.15, -0.1) is 0 Å². The van der Waals surface area contributed by atoms with Crippen LogP contribution in [0.5, 0.6) is 11.5 Å². The van der Waals surface area contributed by atoms with Gasteiger partial charge in [0.1, 0.15) is 17.3 Å². The number of benzene rings is 1. The number of hydrogen-bond donors (Lipinski definition) is 2. The number of ether oxygens (including phenoxy) is 2. The summed E-state index contributed by atoms with van der Waals surface area (Å²) in [6.07, 6.45) is 3.42. The van der Waals surface area contributed by atoms with E-state index >= 15 is 0 Å². The van der Waals surface area contributed by atoms with Crippen molar-refractivity contribution in [1.82, 2.24) is 9.97 Å². The molecule has 6 nitrogen and oxygen atoms in total. The lowest BCUT2D eigenvalue weighted by atomic mass is 10.2. The lowest BCUT2D eigenvalue weighted by Gasteiger charge is -2.15. The van der Waals surface area contributed by atoms with E-state index in [9.17, 15) is 0 Å². The third kappa shape index (κ3) is 4.53. The van der Waals surface area contributed by atoms with Crippen LogP contribution in [0.4, 0.5) is 17.5 Å². The summed E-state index contributed by atoms with van der Waals surface area (Å²) in [4.78, 5) is 9.30. The quantitative estimate of drug-likeness (QED) is 0.744. The number of rotatable bonds is 8. The van der Waals surface area contributed by atoms with Crippen LogP contribution in [-0.2, 0) is 0 Å². The van der Waals surface area contributed by atoms with Crippen molar-refractivity contribution in [3.63, 3.8) is 0 Å². The van der Waals surface area contributed by atoms with Crippen LogP contribution in [0.15, 0.2) is 24.3 Å². The van der Waals surface area contributed by atoms with Crippen LogP contribution in [0.1, 0.15) is 44.7 Å². The molecule has 1 saturated carbocycles. The molecule has 2 aromatic rings. The van der Waals surface area contributed by atoms with E-state index < -0.39 is 0 Å². The van der Waals surface area contributed by atoms with Gasteiger partial charge in [0.05, 0.1) is 19.9 Å². The normalized spacial score (nSPS) is 14.7.